The van der Waals surface area contributed by atoms with Crippen molar-refractivity contribution in [2.24, 2.45) is 0 Å². The van der Waals surface area contributed by atoms with E-state index in [2.05, 4.69) is 10.3 Å². The molecule has 184 valence electrons. The Morgan fingerprint density at radius 3 is 2.03 bits per heavy atom. The Kier molecular flexibility index (Phi) is 6.17. The zero-order chi connectivity index (χ0) is 26.3. The number of halogens is 6. The first kappa shape index (κ1) is 24.7. The highest BCUT2D eigenvalue weighted by molar-refractivity contribution is 6.09. The van der Waals surface area contributed by atoms with Crippen molar-refractivity contribution in [2.45, 2.75) is 12.4 Å². The molecular weight excluding hydrogens is 490 g/mol. The molecule has 1 amide bonds. The van der Waals surface area contributed by atoms with E-state index in [0.717, 1.165) is 0 Å². The zero-order valence-corrected chi connectivity index (χ0v) is 17.9. The number of hydrogen-bond donors (Lipinski definition) is 2. The van der Waals surface area contributed by atoms with E-state index in [0.29, 0.717) is 17.5 Å². The number of anilines is 1. The second-order valence-electron chi connectivity index (χ2n) is 7.70. The van der Waals surface area contributed by atoms with E-state index in [-0.39, 0.29) is 39.7 Å². The molecule has 0 fully saturated rings. The van der Waals surface area contributed by atoms with Crippen molar-refractivity contribution in [3.05, 3.63) is 95.1 Å². The summed E-state index contributed by atoms with van der Waals surface area (Å²) in [5.74, 6) is -1.85. The Balaban J connectivity index is 1.69. The highest BCUT2D eigenvalue weighted by atomic mass is 19.4. The van der Waals surface area contributed by atoms with Crippen LogP contribution in [0.15, 0.2) is 72.8 Å². The van der Waals surface area contributed by atoms with Crippen LogP contribution >= 0.6 is 0 Å². The van der Waals surface area contributed by atoms with Crippen molar-refractivity contribution >= 4 is 28.5 Å². The van der Waals surface area contributed by atoms with E-state index < -0.39 is 35.4 Å². The maximum atomic E-state index is 13.2. The largest absolute Gasteiger partial charge is 0.478 e. The lowest BCUT2D eigenvalue weighted by molar-refractivity contribution is -0.143. The second kappa shape index (κ2) is 8.99. The first-order valence-corrected chi connectivity index (χ1v) is 10.2. The van der Waals surface area contributed by atoms with Crippen LogP contribution in [0.2, 0.25) is 0 Å². The molecule has 0 radical (unpaired) electrons. The van der Waals surface area contributed by atoms with Crippen LogP contribution < -0.4 is 5.32 Å². The fourth-order valence-corrected chi connectivity index (χ4v) is 3.50. The number of nitrogens with zero attached hydrogens (tertiary/aromatic N) is 1. The molecular formula is C25H14F6N2O3. The molecule has 1 heterocycles. The lowest BCUT2D eigenvalue weighted by Gasteiger charge is -2.14. The summed E-state index contributed by atoms with van der Waals surface area (Å²) >= 11 is 0. The molecule has 0 bridgehead atoms. The van der Waals surface area contributed by atoms with Crippen molar-refractivity contribution in [3.8, 4) is 11.3 Å². The Labute approximate surface area is 199 Å². The quantitative estimate of drug-likeness (QED) is 0.297. The number of carbonyl (C=O) groups excluding carboxylic acids is 1. The minimum absolute atomic E-state index is 0.0396. The third kappa shape index (κ3) is 5.14. The van der Waals surface area contributed by atoms with Gasteiger partial charge in [0, 0.05) is 16.5 Å². The number of carboxylic acid groups (broad SMARTS) is 1. The van der Waals surface area contributed by atoms with E-state index in [4.69, 9.17) is 0 Å². The number of alkyl halides is 6. The van der Waals surface area contributed by atoms with Gasteiger partial charge in [-0.05, 0) is 54.6 Å². The minimum atomic E-state index is -4.99. The fraction of sp³-hybridized carbons (Fsp3) is 0.0800. The minimum Gasteiger partial charge on any atom is -0.478 e. The molecule has 0 saturated carbocycles. The molecule has 5 nitrogen and oxygen atoms in total. The van der Waals surface area contributed by atoms with Gasteiger partial charge < -0.3 is 10.4 Å². The van der Waals surface area contributed by atoms with Crippen LogP contribution in [-0.4, -0.2) is 22.0 Å². The molecule has 2 N–H and O–H groups in total. The van der Waals surface area contributed by atoms with E-state index in [1.807, 2.05) is 0 Å². The molecule has 0 unspecified atom stereocenters. The van der Waals surface area contributed by atoms with E-state index in [1.165, 1.54) is 48.5 Å². The van der Waals surface area contributed by atoms with Crippen LogP contribution in [0.5, 0.6) is 0 Å². The molecule has 36 heavy (non-hydrogen) atoms. The average Bonchev–Trinajstić information content (AvgIpc) is 2.82. The number of aromatic nitrogens is 1. The molecule has 0 spiro atoms. The standard InChI is InChI=1S/C25H14F6N2O3/c26-24(27,28)16-10-15(11-17(12-16)25(29,30)31)20-7-5-13-9-14(6-8-19(13)32-20)22(34)33-21-4-2-1-3-18(21)23(35)36/h1-12H,(H,33,34)(H,35,36). The predicted molar refractivity (Wildman–Crippen MR) is 119 cm³/mol. The highest BCUT2D eigenvalue weighted by Crippen LogP contribution is 2.38. The average molecular weight is 504 g/mol. The second-order valence-corrected chi connectivity index (χ2v) is 7.70. The van der Waals surface area contributed by atoms with Gasteiger partial charge >= 0.3 is 18.3 Å². The third-order valence-corrected chi connectivity index (χ3v) is 5.24. The summed E-state index contributed by atoms with van der Waals surface area (Å²) in [6.45, 7) is 0. The van der Waals surface area contributed by atoms with Gasteiger partial charge in [-0.25, -0.2) is 9.78 Å². The zero-order valence-electron chi connectivity index (χ0n) is 17.9. The lowest BCUT2D eigenvalue weighted by Crippen LogP contribution is -2.14. The number of para-hydroxylation sites is 1. The number of carbonyl (C=O) groups is 2. The van der Waals surface area contributed by atoms with Crippen molar-refractivity contribution in [1.29, 1.82) is 0 Å². The topological polar surface area (TPSA) is 79.3 Å². The summed E-state index contributed by atoms with van der Waals surface area (Å²) in [4.78, 5) is 28.1. The fourth-order valence-electron chi connectivity index (χ4n) is 3.50. The molecule has 3 aromatic carbocycles. The smallest absolute Gasteiger partial charge is 0.416 e. The van der Waals surface area contributed by atoms with Crippen molar-refractivity contribution < 1.29 is 41.0 Å². The van der Waals surface area contributed by atoms with E-state index in [1.54, 1.807) is 6.07 Å². The number of amides is 1. The van der Waals surface area contributed by atoms with Crippen LogP contribution in [-0.2, 0) is 12.4 Å². The molecule has 0 aliphatic carbocycles. The normalized spacial score (nSPS) is 11.9. The lowest BCUT2D eigenvalue weighted by atomic mass is 10.0. The number of fused-ring (bicyclic) bond motifs is 1. The Morgan fingerprint density at radius 2 is 1.42 bits per heavy atom. The molecule has 4 aromatic rings. The maximum Gasteiger partial charge on any atom is 0.416 e. The number of nitrogens with one attached hydrogen (secondary N) is 1. The first-order chi connectivity index (χ1) is 16.8. The van der Waals surface area contributed by atoms with E-state index in [9.17, 15) is 41.0 Å². The van der Waals surface area contributed by atoms with Gasteiger partial charge in [-0.3, -0.25) is 4.79 Å². The molecule has 11 heteroatoms. The summed E-state index contributed by atoms with van der Waals surface area (Å²) in [5, 5.41) is 12.1. The Hall–Kier alpha value is -4.41. The summed E-state index contributed by atoms with van der Waals surface area (Å²) < 4.78 is 79.2. The van der Waals surface area contributed by atoms with Gasteiger partial charge in [-0.15, -0.1) is 0 Å². The number of carboxylic acids is 1. The molecule has 1 aromatic heterocycles. The van der Waals surface area contributed by atoms with Crippen LogP contribution in [0.3, 0.4) is 0 Å². The van der Waals surface area contributed by atoms with Crippen LogP contribution in [0, 0.1) is 0 Å². The number of hydrogen-bond acceptors (Lipinski definition) is 3. The van der Waals surface area contributed by atoms with Gasteiger partial charge in [0.05, 0.1) is 33.6 Å². The van der Waals surface area contributed by atoms with Gasteiger partial charge in [0.2, 0.25) is 0 Å². The molecule has 0 atom stereocenters. The predicted octanol–water partition coefficient (Wildman–Crippen LogP) is 6.89. The van der Waals surface area contributed by atoms with Gasteiger partial charge in [0.1, 0.15) is 0 Å². The van der Waals surface area contributed by atoms with Crippen LogP contribution in [0.1, 0.15) is 31.8 Å². The number of benzene rings is 3. The van der Waals surface area contributed by atoms with Crippen LogP contribution in [0.25, 0.3) is 22.2 Å². The molecule has 0 aliphatic rings. The Bertz CT molecular complexity index is 1460. The molecule has 0 saturated heterocycles. The number of pyridine rings is 1. The summed E-state index contributed by atoms with van der Waals surface area (Å²) in [7, 11) is 0. The highest BCUT2D eigenvalue weighted by Gasteiger charge is 2.37. The molecule has 4 rings (SSSR count). The van der Waals surface area contributed by atoms with Crippen molar-refractivity contribution in [1.82, 2.24) is 4.98 Å². The van der Waals surface area contributed by atoms with E-state index >= 15 is 0 Å². The van der Waals surface area contributed by atoms with Gasteiger partial charge in [0.25, 0.3) is 5.91 Å². The van der Waals surface area contributed by atoms with Gasteiger partial charge in [-0.1, -0.05) is 18.2 Å². The maximum absolute atomic E-state index is 13.2. The Morgan fingerprint density at radius 1 is 0.778 bits per heavy atom. The van der Waals surface area contributed by atoms with Gasteiger partial charge in [-0.2, -0.15) is 26.3 Å². The third-order valence-electron chi connectivity index (χ3n) is 5.24. The van der Waals surface area contributed by atoms with Crippen molar-refractivity contribution in [2.75, 3.05) is 5.32 Å². The van der Waals surface area contributed by atoms with Crippen molar-refractivity contribution in [3.63, 3.8) is 0 Å². The summed E-state index contributed by atoms with van der Waals surface area (Å²) in [6.07, 6.45) is -9.98. The SMILES string of the molecule is O=C(Nc1ccccc1C(=O)O)c1ccc2nc(-c3cc(C(F)(F)F)cc(C(F)(F)F)c3)ccc2c1. The number of rotatable bonds is 4. The van der Waals surface area contributed by atoms with Crippen LogP contribution in [0.4, 0.5) is 32.0 Å². The van der Waals surface area contributed by atoms with Gasteiger partial charge in [0.15, 0.2) is 0 Å². The molecule has 0 aliphatic heterocycles. The first-order valence-electron chi connectivity index (χ1n) is 10.2. The number of aromatic carboxylic acids is 1. The summed E-state index contributed by atoms with van der Waals surface area (Å²) in [5.41, 5.74) is -3.08. The monoisotopic (exact) mass is 504 g/mol. The summed E-state index contributed by atoms with van der Waals surface area (Å²) in [6, 6.07) is 13.8.